The Morgan fingerprint density at radius 2 is 0.692 bits per heavy atom. The van der Waals surface area contributed by atoms with Crippen LogP contribution in [0.4, 0.5) is 0 Å². The van der Waals surface area contributed by atoms with Crippen molar-refractivity contribution in [1.29, 1.82) is 0 Å². The van der Waals surface area contributed by atoms with E-state index in [1.54, 1.807) is 0 Å². The van der Waals surface area contributed by atoms with Crippen molar-refractivity contribution in [1.82, 2.24) is 4.90 Å². The first-order valence-corrected chi connectivity index (χ1v) is 18.3. The molecule has 0 saturated heterocycles. The molecular weight excluding hydrogens is 478 g/mol. The minimum Gasteiger partial charge on any atom is -0.395 e. The second kappa shape index (κ2) is 34.1. The van der Waals surface area contributed by atoms with Gasteiger partial charge < -0.3 is 10.2 Å². The normalized spacial score (nSPS) is 12.5. The van der Waals surface area contributed by atoms with Gasteiger partial charge in [-0.1, -0.05) is 187 Å². The Bertz CT molecular complexity index is 430. The van der Waals surface area contributed by atoms with Gasteiger partial charge in [-0.3, -0.25) is 4.90 Å². The predicted molar refractivity (Wildman–Crippen MR) is 175 cm³/mol. The van der Waals surface area contributed by atoms with Crippen LogP contribution in [0.5, 0.6) is 0 Å². The second-order valence-electron chi connectivity index (χ2n) is 12.6. The number of nitrogens with zero attached hydrogens (tertiary/aromatic N) is 1. The first kappa shape index (κ1) is 38.9. The van der Waals surface area contributed by atoms with Crippen LogP contribution in [0, 0.1) is 0 Å². The van der Waals surface area contributed by atoms with E-state index in [0.29, 0.717) is 6.54 Å². The largest absolute Gasteiger partial charge is 0.395 e. The van der Waals surface area contributed by atoms with E-state index in [1.807, 2.05) is 0 Å². The van der Waals surface area contributed by atoms with Crippen LogP contribution in [-0.2, 0) is 0 Å². The molecule has 0 spiro atoms. The van der Waals surface area contributed by atoms with E-state index in [9.17, 15) is 10.2 Å². The molecule has 0 aromatic heterocycles. The lowest BCUT2D eigenvalue weighted by atomic mass is 10.0. The zero-order chi connectivity index (χ0) is 28.5. The number of hydrogen-bond donors (Lipinski definition) is 2. The molecule has 0 aliphatic carbocycles. The number of aliphatic hydroxyl groups is 2. The van der Waals surface area contributed by atoms with Crippen molar-refractivity contribution in [2.45, 2.75) is 206 Å². The fourth-order valence-electron chi connectivity index (χ4n) is 6.08. The maximum atomic E-state index is 10.0. The third-order valence-corrected chi connectivity index (χ3v) is 8.80. The summed E-state index contributed by atoms with van der Waals surface area (Å²) < 4.78 is 0. The second-order valence-corrected chi connectivity index (χ2v) is 12.6. The van der Waals surface area contributed by atoms with Crippen molar-refractivity contribution in [3.63, 3.8) is 0 Å². The molecule has 0 aromatic rings. The van der Waals surface area contributed by atoms with Gasteiger partial charge in [0.05, 0.1) is 13.2 Å². The van der Waals surface area contributed by atoms with Gasteiger partial charge in [0.25, 0.3) is 0 Å². The molecule has 0 rings (SSSR count). The number of aliphatic hydroxyl groups excluding tert-OH is 2. The van der Waals surface area contributed by atoms with Gasteiger partial charge in [-0.05, 0) is 19.4 Å². The Labute approximate surface area is 247 Å². The van der Waals surface area contributed by atoms with Gasteiger partial charge in [-0.15, -0.1) is 0 Å². The lowest BCUT2D eigenvalue weighted by Crippen LogP contribution is -2.40. The Balaban J connectivity index is 3.64. The Morgan fingerprint density at radius 1 is 0.385 bits per heavy atom. The van der Waals surface area contributed by atoms with Gasteiger partial charge in [0.1, 0.15) is 0 Å². The van der Waals surface area contributed by atoms with E-state index in [2.05, 4.69) is 18.7 Å². The fraction of sp³-hybridized carbons (Fsp3) is 1.00. The molecule has 0 fully saturated rings. The molecule has 0 radical (unpaired) electrons. The molecule has 0 aliphatic rings. The van der Waals surface area contributed by atoms with Gasteiger partial charge in [0.15, 0.2) is 0 Å². The summed E-state index contributed by atoms with van der Waals surface area (Å²) in [5.74, 6) is 0. The van der Waals surface area contributed by atoms with Crippen LogP contribution in [0.25, 0.3) is 0 Å². The molecule has 1 unspecified atom stereocenters. The molecule has 39 heavy (non-hydrogen) atoms. The van der Waals surface area contributed by atoms with Crippen LogP contribution >= 0.6 is 0 Å². The molecule has 2 N–H and O–H groups in total. The van der Waals surface area contributed by atoms with Crippen molar-refractivity contribution in [3.05, 3.63) is 0 Å². The molecule has 0 saturated carbocycles. The molecule has 3 nitrogen and oxygen atoms in total. The Kier molecular flexibility index (Phi) is 34.0. The zero-order valence-corrected chi connectivity index (χ0v) is 27.3. The SMILES string of the molecule is CCCCCCCCCCCCCCCCC(CO)N(CCO)CCCCCCCCCCCCCCCC. The molecule has 1 atom stereocenters. The molecule has 0 amide bonds. The van der Waals surface area contributed by atoms with E-state index < -0.39 is 0 Å². The minimum absolute atomic E-state index is 0.202. The molecule has 3 heteroatoms. The highest BCUT2D eigenvalue weighted by molar-refractivity contribution is 4.71. The summed E-state index contributed by atoms with van der Waals surface area (Å²) in [6, 6.07) is 0.233. The van der Waals surface area contributed by atoms with Crippen LogP contribution in [0.2, 0.25) is 0 Å². The van der Waals surface area contributed by atoms with Gasteiger partial charge >= 0.3 is 0 Å². The maximum absolute atomic E-state index is 10.0. The molecular formula is C36H75NO2. The third kappa shape index (κ3) is 29.2. The summed E-state index contributed by atoms with van der Waals surface area (Å²) in [5.41, 5.74) is 0. The predicted octanol–water partition coefficient (Wildman–Crippen LogP) is 11.0. The first-order valence-electron chi connectivity index (χ1n) is 18.3. The van der Waals surface area contributed by atoms with Crippen molar-refractivity contribution in [2.24, 2.45) is 0 Å². The Hall–Kier alpha value is -0.120. The molecule has 0 bridgehead atoms. The average Bonchev–Trinajstić information content (AvgIpc) is 2.95. The van der Waals surface area contributed by atoms with E-state index in [-0.39, 0.29) is 19.3 Å². The van der Waals surface area contributed by atoms with Crippen LogP contribution in [-0.4, -0.2) is 47.5 Å². The van der Waals surface area contributed by atoms with E-state index in [1.165, 1.54) is 180 Å². The monoisotopic (exact) mass is 554 g/mol. The van der Waals surface area contributed by atoms with Gasteiger partial charge in [-0.25, -0.2) is 0 Å². The van der Waals surface area contributed by atoms with Gasteiger partial charge in [-0.2, -0.15) is 0 Å². The molecule has 0 heterocycles. The Morgan fingerprint density at radius 3 is 1.00 bits per heavy atom. The standard InChI is InChI=1S/C36H75NO2/c1-3-5-7-9-11-13-15-17-19-21-23-25-27-29-31-36(35-39)37(33-34-38)32-30-28-26-24-22-20-18-16-14-12-10-8-6-4-2/h36,38-39H,3-35H2,1-2H3. The summed E-state index contributed by atoms with van der Waals surface area (Å²) in [4.78, 5) is 2.36. The lowest BCUT2D eigenvalue weighted by molar-refractivity contribution is 0.0926. The number of rotatable bonds is 34. The first-order chi connectivity index (χ1) is 19.3. The summed E-state index contributed by atoms with van der Waals surface area (Å²) in [7, 11) is 0. The van der Waals surface area contributed by atoms with Crippen molar-refractivity contribution in [2.75, 3.05) is 26.3 Å². The van der Waals surface area contributed by atoms with Crippen LogP contribution < -0.4 is 0 Å². The van der Waals surface area contributed by atoms with Crippen LogP contribution in [0.3, 0.4) is 0 Å². The van der Waals surface area contributed by atoms with Gasteiger partial charge in [0.2, 0.25) is 0 Å². The highest BCUT2D eigenvalue weighted by Crippen LogP contribution is 2.17. The van der Waals surface area contributed by atoms with Crippen molar-refractivity contribution < 1.29 is 10.2 Å². The summed E-state index contributed by atoms with van der Waals surface area (Å²) in [6.07, 6.45) is 39.9. The number of hydrogen-bond acceptors (Lipinski definition) is 3. The van der Waals surface area contributed by atoms with Crippen molar-refractivity contribution >= 4 is 0 Å². The smallest absolute Gasteiger partial charge is 0.0586 e. The molecule has 236 valence electrons. The van der Waals surface area contributed by atoms with E-state index in [0.717, 1.165) is 13.0 Å². The minimum atomic E-state index is 0.202. The summed E-state index contributed by atoms with van der Waals surface area (Å²) in [5, 5.41) is 19.6. The zero-order valence-electron chi connectivity index (χ0n) is 27.3. The molecule has 0 aromatic carbocycles. The van der Waals surface area contributed by atoms with Crippen molar-refractivity contribution in [3.8, 4) is 0 Å². The molecule has 0 aliphatic heterocycles. The van der Waals surface area contributed by atoms with E-state index in [4.69, 9.17) is 0 Å². The van der Waals surface area contributed by atoms with E-state index >= 15 is 0 Å². The maximum Gasteiger partial charge on any atom is 0.0586 e. The lowest BCUT2D eigenvalue weighted by Gasteiger charge is -2.30. The average molecular weight is 554 g/mol. The fourth-order valence-corrected chi connectivity index (χ4v) is 6.08. The highest BCUT2D eigenvalue weighted by Gasteiger charge is 2.16. The number of unbranched alkanes of at least 4 members (excludes halogenated alkanes) is 26. The summed E-state index contributed by atoms with van der Waals surface area (Å²) in [6.45, 7) is 6.76. The summed E-state index contributed by atoms with van der Waals surface area (Å²) >= 11 is 0. The van der Waals surface area contributed by atoms with Crippen LogP contribution in [0.1, 0.15) is 200 Å². The van der Waals surface area contributed by atoms with Crippen LogP contribution in [0.15, 0.2) is 0 Å². The quantitative estimate of drug-likeness (QED) is 0.0779. The highest BCUT2D eigenvalue weighted by atomic mass is 16.3. The topological polar surface area (TPSA) is 43.7 Å². The third-order valence-electron chi connectivity index (χ3n) is 8.80. The van der Waals surface area contributed by atoms with Gasteiger partial charge in [0, 0.05) is 12.6 Å².